The van der Waals surface area contributed by atoms with E-state index in [0.717, 1.165) is 13.1 Å². The van der Waals surface area contributed by atoms with Crippen LogP contribution >= 0.6 is 0 Å². The number of allylic oxidation sites excluding steroid dienone is 1. The average molecular weight is 625 g/mol. The molecule has 14 heteroatoms. The molecule has 6 aliphatic rings. The van der Waals surface area contributed by atoms with Gasteiger partial charge in [-0.3, -0.25) is 24.2 Å². The molecule has 0 bridgehead atoms. The zero-order valence-corrected chi connectivity index (χ0v) is 26.0. The lowest BCUT2D eigenvalue weighted by Crippen LogP contribution is -2.58. The molecule has 0 radical (unpaired) electrons. The molecule has 7 rings (SSSR count). The monoisotopic (exact) mass is 624 g/mol. The Morgan fingerprint density at radius 1 is 1.18 bits per heavy atom. The van der Waals surface area contributed by atoms with Crippen molar-refractivity contribution in [3.63, 3.8) is 0 Å². The zero-order valence-electron chi connectivity index (χ0n) is 26.0. The van der Waals surface area contributed by atoms with Gasteiger partial charge in [0.25, 0.3) is 5.91 Å². The Morgan fingerprint density at radius 3 is 2.47 bits per heavy atom. The van der Waals surface area contributed by atoms with Crippen molar-refractivity contribution < 1.29 is 39.3 Å². The smallest absolute Gasteiger partial charge is 0.253 e. The van der Waals surface area contributed by atoms with E-state index in [0.29, 0.717) is 29.5 Å². The molecule has 1 spiro atoms. The predicted molar refractivity (Wildman–Crippen MR) is 161 cm³/mol. The van der Waals surface area contributed by atoms with E-state index in [1.165, 1.54) is 13.5 Å². The summed E-state index contributed by atoms with van der Waals surface area (Å²) < 4.78 is 5.98. The molecule has 3 fully saturated rings. The molecular formula is C31H40N6O8. The molecule has 242 valence electrons. The molecular weight excluding hydrogens is 584 g/mol. The maximum atomic E-state index is 14.6. The summed E-state index contributed by atoms with van der Waals surface area (Å²) >= 11 is 0. The number of aromatic hydroxyl groups is 1. The number of aliphatic hydroxyl groups is 2. The van der Waals surface area contributed by atoms with Gasteiger partial charge in [-0.15, -0.1) is 0 Å². The van der Waals surface area contributed by atoms with Crippen LogP contribution in [0.3, 0.4) is 0 Å². The third kappa shape index (κ3) is 4.09. The minimum atomic E-state index is -2.33. The number of nitrogens with two attached hydrogens (primary N) is 1. The van der Waals surface area contributed by atoms with Gasteiger partial charge in [0.15, 0.2) is 22.9 Å². The normalized spacial score (nSPS) is 34.5. The number of carbonyl (C=O) groups is 3. The number of ketones is 1. The first kappa shape index (κ1) is 30.0. The lowest BCUT2D eigenvalue weighted by Gasteiger charge is -2.46. The molecule has 2 aliphatic heterocycles. The topological polar surface area (TPSA) is 193 Å². The number of benzene rings is 1. The maximum Gasteiger partial charge on any atom is 0.253 e. The number of carbonyl (C=O) groups excluding carboxylic acids is 3. The van der Waals surface area contributed by atoms with E-state index in [9.17, 15) is 29.7 Å². The molecule has 0 aromatic heterocycles. The van der Waals surface area contributed by atoms with Crippen LogP contribution in [0.25, 0.3) is 0 Å². The van der Waals surface area contributed by atoms with Gasteiger partial charge in [-0.25, -0.2) is 0 Å². The van der Waals surface area contributed by atoms with E-state index in [4.69, 9.17) is 15.3 Å². The Kier molecular flexibility index (Phi) is 6.60. The number of primary amides is 1. The molecule has 1 aromatic rings. The quantitative estimate of drug-likeness (QED) is 0.127. The molecule has 2 saturated heterocycles. The standard InChI is InChI=1S/C31H40N6O8/c1-33-44-28-21-13(8-17-24(36(4)5)27(41)23(29(32)42)31(43)30(17,28)45-31)7-16-19(35(2)3)9-18(25(39)22(16)26(21)40)34-20(38)12-37-10-14-6-15(14)11-37/h9,13-15,17,24,33,39,41,43H,6-8,10-12H2,1-5H3,(H2,32,42)(H,34,38)/t13-,14?,15?,17-,24-,30-,31?/m0/s1. The van der Waals surface area contributed by atoms with Crippen molar-refractivity contribution >= 4 is 29.0 Å². The summed E-state index contributed by atoms with van der Waals surface area (Å²) in [5.74, 6) is -4.75. The number of epoxide rings is 1. The Hall–Kier alpha value is -3.69. The van der Waals surface area contributed by atoms with Gasteiger partial charge in [-0.05, 0) is 62.7 Å². The van der Waals surface area contributed by atoms with Crippen LogP contribution in [0.4, 0.5) is 11.4 Å². The minimum Gasteiger partial charge on any atom is -0.510 e. The van der Waals surface area contributed by atoms with E-state index in [1.54, 1.807) is 25.1 Å². The number of amides is 2. The molecule has 45 heavy (non-hydrogen) atoms. The van der Waals surface area contributed by atoms with Crippen LogP contribution in [0.1, 0.15) is 28.8 Å². The van der Waals surface area contributed by atoms with Crippen LogP contribution in [0.15, 0.2) is 28.7 Å². The van der Waals surface area contributed by atoms with Crippen LogP contribution in [-0.4, -0.2) is 115 Å². The first-order valence-corrected chi connectivity index (χ1v) is 15.3. The van der Waals surface area contributed by atoms with Crippen molar-refractivity contribution in [2.24, 2.45) is 29.4 Å². The highest BCUT2D eigenvalue weighted by atomic mass is 16.8. The number of phenols is 1. The van der Waals surface area contributed by atoms with Gasteiger partial charge in [-0.2, -0.15) is 5.48 Å². The number of hydroxylamine groups is 1. The Balaban J connectivity index is 1.33. The summed E-state index contributed by atoms with van der Waals surface area (Å²) in [5, 5.41) is 37.4. The highest BCUT2D eigenvalue weighted by molar-refractivity contribution is 6.16. The number of phenolic OH excluding ortho intramolecular Hbond substituents is 1. The molecule has 2 heterocycles. The fourth-order valence-electron chi connectivity index (χ4n) is 8.63. The fraction of sp³-hybridized carbons (Fsp3) is 0.581. The number of anilines is 2. The second-order valence-electron chi connectivity index (χ2n) is 13.7. The molecule has 4 aliphatic carbocycles. The van der Waals surface area contributed by atoms with Crippen molar-refractivity contribution in [3.05, 3.63) is 39.9 Å². The van der Waals surface area contributed by atoms with E-state index in [2.05, 4.69) is 15.7 Å². The van der Waals surface area contributed by atoms with Gasteiger partial charge in [-0.1, -0.05) is 0 Å². The summed E-state index contributed by atoms with van der Waals surface area (Å²) in [5.41, 5.74) is 7.62. The van der Waals surface area contributed by atoms with Crippen molar-refractivity contribution in [3.8, 4) is 5.75 Å². The number of likely N-dealkylation sites (N-methyl/N-ethyl adjacent to an activating group) is 1. The highest BCUT2D eigenvalue weighted by Crippen LogP contribution is 2.69. The second kappa shape index (κ2) is 9.90. The van der Waals surface area contributed by atoms with Crippen molar-refractivity contribution in [2.45, 2.75) is 36.7 Å². The van der Waals surface area contributed by atoms with E-state index >= 15 is 0 Å². The van der Waals surface area contributed by atoms with Crippen LogP contribution in [0, 0.1) is 23.7 Å². The van der Waals surface area contributed by atoms with Crippen LogP contribution in [-0.2, 0) is 25.6 Å². The van der Waals surface area contributed by atoms with Crippen LogP contribution in [0.2, 0.25) is 0 Å². The van der Waals surface area contributed by atoms with Crippen molar-refractivity contribution in [1.29, 1.82) is 0 Å². The third-order valence-corrected chi connectivity index (χ3v) is 10.6. The zero-order chi connectivity index (χ0) is 32.3. The van der Waals surface area contributed by atoms with Gasteiger partial charge >= 0.3 is 0 Å². The number of hydrogen-bond donors (Lipinski definition) is 6. The molecule has 14 nitrogen and oxygen atoms in total. The molecule has 1 saturated carbocycles. The molecule has 7 atom stereocenters. The summed E-state index contributed by atoms with van der Waals surface area (Å²) in [6.07, 6.45) is 1.81. The Labute approximate surface area is 260 Å². The lowest BCUT2D eigenvalue weighted by molar-refractivity contribution is -0.118. The lowest BCUT2D eigenvalue weighted by atomic mass is 9.60. The number of nitrogens with one attached hydrogen (secondary N) is 2. The highest BCUT2D eigenvalue weighted by Gasteiger charge is 2.85. The first-order valence-electron chi connectivity index (χ1n) is 15.3. The second-order valence-corrected chi connectivity index (χ2v) is 13.7. The van der Waals surface area contributed by atoms with E-state index < -0.39 is 46.5 Å². The van der Waals surface area contributed by atoms with Gasteiger partial charge in [0, 0.05) is 51.4 Å². The largest absolute Gasteiger partial charge is 0.510 e. The number of fused-ring (bicyclic) bond motifs is 3. The first-order chi connectivity index (χ1) is 21.2. The van der Waals surface area contributed by atoms with Crippen LogP contribution < -0.4 is 21.4 Å². The van der Waals surface area contributed by atoms with E-state index in [1.807, 2.05) is 19.0 Å². The fourth-order valence-corrected chi connectivity index (χ4v) is 8.63. The predicted octanol–water partition coefficient (Wildman–Crippen LogP) is -0.173. The SMILES string of the molecule is CNOC1=C2C(=O)c3c(O)c(NC(=O)CN4CC5CC5C4)cc(N(C)C)c3C[C@H]2C[C@H]2[C@H](N(C)C)C(O)=C(C(N)=O)C3(O)O[C@]123. The Bertz CT molecular complexity index is 1590. The van der Waals surface area contributed by atoms with E-state index in [-0.39, 0.29) is 53.0 Å². The van der Waals surface area contributed by atoms with Gasteiger partial charge in [0.1, 0.15) is 11.3 Å². The molecule has 3 unspecified atom stereocenters. The number of piperidine rings is 1. The number of rotatable bonds is 8. The number of likely N-dealkylation sites (tertiary alicyclic amines) is 1. The number of Topliss-reactive ketones (excluding diaryl/α,β-unsaturated/α-hetero) is 1. The van der Waals surface area contributed by atoms with Gasteiger partial charge in [0.2, 0.25) is 11.7 Å². The number of ether oxygens (including phenoxy) is 1. The Morgan fingerprint density at radius 2 is 1.87 bits per heavy atom. The maximum absolute atomic E-state index is 14.6. The van der Waals surface area contributed by atoms with Crippen LogP contribution in [0.5, 0.6) is 5.75 Å². The summed E-state index contributed by atoms with van der Waals surface area (Å²) in [6.45, 7) is 1.96. The minimum absolute atomic E-state index is 0.0230. The van der Waals surface area contributed by atoms with Crippen molar-refractivity contribution in [1.82, 2.24) is 15.3 Å². The average Bonchev–Trinajstić information content (AvgIpc) is 3.78. The molecule has 1 aromatic carbocycles. The molecule has 2 amide bonds. The number of hydrogen-bond acceptors (Lipinski definition) is 12. The third-order valence-electron chi connectivity index (χ3n) is 10.6. The molecule has 7 N–H and O–H groups in total. The number of aliphatic hydroxyl groups excluding tert-OH is 1. The van der Waals surface area contributed by atoms with Crippen molar-refractivity contribution in [2.75, 3.05) is 65.1 Å². The summed E-state index contributed by atoms with van der Waals surface area (Å²) in [6, 6.07) is 0.898. The van der Waals surface area contributed by atoms with Gasteiger partial charge in [0.05, 0.1) is 23.8 Å². The summed E-state index contributed by atoms with van der Waals surface area (Å²) in [4.78, 5) is 51.7. The van der Waals surface area contributed by atoms with Gasteiger partial charge < -0.3 is 40.8 Å². The number of nitrogens with zero attached hydrogens (tertiary/aromatic N) is 3. The summed E-state index contributed by atoms with van der Waals surface area (Å²) in [7, 11) is 8.59.